The average molecular weight is 655 g/mol. The third-order valence-corrected chi connectivity index (χ3v) is 9.71. The van der Waals surface area contributed by atoms with Crippen molar-refractivity contribution in [3.05, 3.63) is 182 Å². The Morgan fingerprint density at radius 2 is 1.02 bits per heavy atom. The van der Waals surface area contributed by atoms with Gasteiger partial charge in [0.25, 0.3) is 0 Å². The summed E-state index contributed by atoms with van der Waals surface area (Å²) < 4.78 is 12.8. The van der Waals surface area contributed by atoms with Crippen molar-refractivity contribution in [2.75, 3.05) is 4.90 Å². The van der Waals surface area contributed by atoms with Crippen LogP contribution in [0.4, 0.5) is 17.1 Å². The number of oxazole rings is 1. The molecular weight excluding hydrogens is 625 g/mol. The number of nitrogens with zero attached hydrogens (tertiary/aromatic N) is 2. The molecule has 0 atom stereocenters. The maximum Gasteiger partial charge on any atom is 0.227 e. The maximum atomic E-state index is 6.46. The highest BCUT2D eigenvalue weighted by atomic mass is 16.4. The van der Waals surface area contributed by atoms with E-state index in [0.717, 1.165) is 55.7 Å². The van der Waals surface area contributed by atoms with Gasteiger partial charge in [-0.2, -0.15) is 0 Å². The van der Waals surface area contributed by atoms with Crippen molar-refractivity contribution in [2.24, 2.45) is 0 Å². The third kappa shape index (κ3) is 5.04. The number of anilines is 3. The van der Waals surface area contributed by atoms with Crippen LogP contribution in [0.5, 0.6) is 0 Å². The summed E-state index contributed by atoms with van der Waals surface area (Å²) in [6.07, 6.45) is 0. The Morgan fingerprint density at radius 3 is 1.78 bits per heavy atom. The quantitative estimate of drug-likeness (QED) is 0.179. The number of rotatable bonds is 6. The lowest BCUT2D eigenvalue weighted by molar-refractivity contribution is 0.622. The molecule has 240 valence electrons. The molecule has 0 aliphatic heterocycles. The van der Waals surface area contributed by atoms with E-state index in [1.54, 1.807) is 0 Å². The lowest BCUT2D eigenvalue weighted by Gasteiger charge is -2.26. The first kappa shape index (κ1) is 29.0. The van der Waals surface area contributed by atoms with E-state index < -0.39 is 0 Å². The van der Waals surface area contributed by atoms with Gasteiger partial charge in [-0.3, -0.25) is 0 Å². The lowest BCUT2D eigenvalue weighted by atomic mass is 9.98. The van der Waals surface area contributed by atoms with E-state index in [1.807, 2.05) is 48.5 Å². The number of hydrogen-bond donors (Lipinski definition) is 0. The minimum atomic E-state index is 0.593. The van der Waals surface area contributed by atoms with E-state index in [-0.39, 0.29) is 0 Å². The van der Waals surface area contributed by atoms with Crippen molar-refractivity contribution >= 4 is 60.9 Å². The molecule has 0 saturated heterocycles. The summed E-state index contributed by atoms with van der Waals surface area (Å²) >= 11 is 0. The molecule has 4 heteroatoms. The standard InChI is InChI=1S/C47H30N2O2/c1-3-10-31(11-4-1)32-18-22-36(23-19-32)49(37-24-20-34(21-25-37)40-17-9-15-33-12-7-8-16-39(33)40)38-26-28-43-41(30-38)45-44(50-43)29-27-42-46(45)51-47(48-42)35-13-5-2-6-14-35/h1-30H. The highest BCUT2D eigenvalue weighted by molar-refractivity contribution is 6.17. The van der Waals surface area contributed by atoms with Gasteiger partial charge in [-0.05, 0) is 99.8 Å². The predicted octanol–water partition coefficient (Wildman–Crippen LogP) is 13.4. The molecule has 0 aliphatic rings. The smallest absolute Gasteiger partial charge is 0.227 e. The highest BCUT2D eigenvalue weighted by Crippen LogP contribution is 2.42. The summed E-state index contributed by atoms with van der Waals surface area (Å²) in [5, 5.41) is 4.37. The number of benzene rings is 8. The van der Waals surface area contributed by atoms with Crippen LogP contribution in [0, 0.1) is 0 Å². The van der Waals surface area contributed by atoms with E-state index in [4.69, 9.17) is 13.8 Å². The summed E-state index contributed by atoms with van der Waals surface area (Å²) in [4.78, 5) is 7.14. The van der Waals surface area contributed by atoms with Crippen molar-refractivity contribution < 1.29 is 8.83 Å². The Labute approximate surface area is 294 Å². The molecule has 2 aromatic heterocycles. The van der Waals surface area contributed by atoms with E-state index >= 15 is 0 Å². The number of furan rings is 1. The Kier molecular flexibility index (Phi) is 6.78. The fraction of sp³-hybridized carbons (Fsp3) is 0. The van der Waals surface area contributed by atoms with Crippen LogP contribution in [0.15, 0.2) is 191 Å². The molecule has 0 saturated carbocycles. The Bertz CT molecular complexity index is 2830. The second-order valence-corrected chi connectivity index (χ2v) is 12.8. The SMILES string of the molecule is c1ccc(-c2ccc(N(c3ccc(-c4cccc5ccccc45)cc3)c3ccc4oc5ccc6nc(-c7ccccc7)oc6c5c4c3)cc2)cc1. The zero-order valence-electron chi connectivity index (χ0n) is 27.5. The topological polar surface area (TPSA) is 42.4 Å². The summed E-state index contributed by atoms with van der Waals surface area (Å²) in [5.41, 5.74) is 11.9. The largest absolute Gasteiger partial charge is 0.456 e. The van der Waals surface area contributed by atoms with Crippen LogP contribution in [-0.2, 0) is 0 Å². The number of aromatic nitrogens is 1. The summed E-state index contributed by atoms with van der Waals surface area (Å²) in [6.45, 7) is 0. The predicted molar refractivity (Wildman–Crippen MR) is 210 cm³/mol. The van der Waals surface area contributed by atoms with Gasteiger partial charge in [-0.15, -0.1) is 0 Å². The van der Waals surface area contributed by atoms with Crippen molar-refractivity contribution in [3.63, 3.8) is 0 Å². The normalized spacial score (nSPS) is 11.5. The van der Waals surface area contributed by atoms with Crippen LogP contribution in [0.2, 0.25) is 0 Å². The van der Waals surface area contributed by atoms with Gasteiger partial charge < -0.3 is 13.7 Å². The molecular formula is C47H30N2O2. The van der Waals surface area contributed by atoms with Gasteiger partial charge in [0.2, 0.25) is 5.89 Å². The van der Waals surface area contributed by atoms with Crippen LogP contribution in [0.1, 0.15) is 0 Å². The van der Waals surface area contributed by atoms with Crippen LogP contribution in [0.25, 0.3) is 77.5 Å². The zero-order valence-corrected chi connectivity index (χ0v) is 27.5. The molecule has 4 nitrogen and oxygen atoms in total. The molecule has 0 N–H and O–H groups in total. The van der Waals surface area contributed by atoms with Crippen molar-refractivity contribution in [3.8, 4) is 33.7 Å². The molecule has 2 heterocycles. The molecule has 10 rings (SSSR count). The molecule has 0 fully saturated rings. The highest BCUT2D eigenvalue weighted by Gasteiger charge is 2.20. The Hall–Kier alpha value is -6.91. The molecule has 0 aliphatic carbocycles. The molecule has 0 bridgehead atoms. The van der Waals surface area contributed by atoms with E-state index in [2.05, 4.69) is 138 Å². The van der Waals surface area contributed by atoms with Gasteiger partial charge in [0.15, 0.2) is 5.58 Å². The van der Waals surface area contributed by atoms with Gasteiger partial charge in [0, 0.05) is 28.0 Å². The molecule has 0 radical (unpaired) electrons. The van der Waals surface area contributed by atoms with E-state index in [0.29, 0.717) is 5.89 Å². The van der Waals surface area contributed by atoms with Gasteiger partial charge in [0.1, 0.15) is 16.7 Å². The van der Waals surface area contributed by atoms with Gasteiger partial charge in [-0.25, -0.2) is 4.98 Å². The minimum Gasteiger partial charge on any atom is -0.456 e. The monoisotopic (exact) mass is 654 g/mol. The maximum absolute atomic E-state index is 6.46. The molecule has 51 heavy (non-hydrogen) atoms. The fourth-order valence-corrected chi connectivity index (χ4v) is 7.23. The van der Waals surface area contributed by atoms with Crippen molar-refractivity contribution in [2.45, 2.75) is 0 Å². The Morgan fingerprint density at radius 1 is 0.412 bits per heavy atom. The average Bonchev–Trinajstić information content (AvgIpc) is 3.81. The second kappa shape index (κ2) is 11.9. The van der Waals surface area contributed by atoms with Crippen molar-refractivity contribution in [1.82, 2.24) is 4.98 Å². The van der Waals surface area contributed by atoms with Crippen LogP contribution < -0.4 is 4.90 Å². The van der Waals surface area contributed by atoms with E-state index in [9.17, 15) is 0 Å². The summed E-state index contributed by atoms with van der Waals surface area (Å²) in [7, 11) is 0. The van der Waals surface area contributed by atoms with Gasteiger partial charge in [0.05, 0.1) is 5.39 Å². The Balaban J connectivity index is 1.13. The lowest BCUT2D eigenvalue weighted by Crippen LogP contribution is -2.09. The molecule has 0 spiro atoms. The number of hydrogen-bond acceptors (Lipinski definition) is 4. The summed E-state index contributed by atoms with van der Waals surface area (Å²) in [5.74, 6) is 0.593. The molecule has 0 unspecified atom stereocenters. The fourth-order valence-electron chi connectivity index (χ4n) is 7.23. The molecule has 0 amide bonds. The minimum absolute atomic E-state index is 0.593. The third-order valence-electron chi connectivity index (χ3n) is 9.71. The number of fused-ring (bicyclic) bond motifs is 6. The van der Waals surface area contributed by atoms with Gasteiger partial charge in [-0.1, -0.05) is 115 Å². The van der Waals surface area contributed by atoms with Crippen LogP contribution in [0.3, 0.4) is 0 Å². The van der Waals surface area contributed by atoms with Crippen molar-refractivity contribution in [1.29, 1.82) is 0 Å². The van der Waals surface area contributed by atoms with Crippen LogP contribution in [-0.4, -0.2) is 4.98 Å². The first-order chi connectivity index (χ1) is 25.3. The first-order valence-electron chi connectivity index (χ1n) is 17.1. The van der Waals surface area contributed by atoms with Gasteiger partial charge >= 0.3 is 0 Å². The summed E-state index contributed by atoms with van der Waals surface area (Å²) in [6, 6.07) is 63.5. The first-order valence-corrected chi connectivity index (χ1v) is 17.1. The van der Waals surface area contributed by atoms with Crippen LogP contribution >= 0.6 is 0 Å². The van der Waals surface area contributed by atoms with E-state index in [1.165, 1.54) is 33.0 Å². The second-order valence-electron chi connectivity index (χ2n) is 12.8. The molecule has 8 aromatic carbocycles. The zero-order chi connectivity index (χ0) is 33.7. The molecule has 10 aromatic rings.